The van der Waals surface area contributed by atoms with Crippen molar-refractivity contribution in [3.8, 4) is 5.75 Å². The summed E-state index contributed by atoms with van der Waals surface area (Å²) in [4.78, 5) is 17.3. The highest BCUT2D eigenvalue weighted by Crippen LogP contribution is 2.38. The zero-order valence-electron chi connectivity index (χ0n) is 16.5. The lowest BCUT2D eigenvalue weighted by Gasteiger charge is -2.11. The number of thioether (sulfide) groups is 1. The van der Waals surface area contributed by atoms with Crippen LogP contribution in [0.25, 0.3) is 6.08 Å². The average molecular weight is 603 g/mol. The summed E-state index contributed by atoms with van der Waals surface area (Å²) in [6.45, 7) is 0.333. The number of amidine groups is 1. The first-order valence-corrected chi connectivity index (χ1v) is 12.5. The molecule has 0 radical (unpaired) electrons. The van der Waals surface area contributed by atoms with Gasteiger partial charge in [-0.1, -0.05) is 64.6 Å². The van der Waals surface area contributed by atoms with Crippen molar-refractivity contribution >= 4 is 96.9 Å². The number of nitrogens with one attached hydrogen (secondary N) is 1. The normalized spacial score (nSPS) is 15.8. The number of halogens is 5. The summed E-state index contributed by atoms with van der Waals surface area (Å²) < 4.78 is 6.54. The van der Waals surface area contributed by atoms with Crippen molar-refractivity contribution in [1.29, 1.82) is 0 Å². The van der Waals surface area contributed by atoms with Gasteiger partial charge in [-0.3, -0.25) is 4.79 Å². The Morgan fingerprint density at radius 1 is 1.03 bits per heavy atom. The smallest absolute Gasteiger partial charge is 0.264 e. The van der Waals surface area contributed by atoms with E-state index in [2.05, 4.69) is 26.2 Å². The van der Waals surface area contributed by atoms with Crippen LogP contribution in [-0.2, 0) is 11.4 Å². The molecule has 3 aromatic carbocycles. The minimum absolute atomic E-state index is 0.271. The number of aliphatic imine (C=N–C) groups is 1. The van der Waals surface area contributed by atoms with Gasteiger partial charge in [-0.05, 0) is 81.3 Å². The second-order valence-electron chi connectivity index (χ2n) is 6.78. The third kappa shape index (κ3) is 6.07. The van der Waals surface area contributed by atoms with Crippen LogP contribution in [0.1, 0.15) is 11.1 Å². The Morgan fingerprint density at radius 3 is 2.52 bits per heavy atom. The van der Waals surface area contributed by atoms with Gasteiger partial charge in [0.05, 0.1) is 30.1 Å². The summed E-state index contributed by atoms with van der Waals surface area (Å²) in [5.74, 6) is 0.238. The van der Waals surface area contributed by atoms with E-state index in [1.807, 2.05) is 18.2 Å². The lowest BCUT2D eigenvalue weighted by Crippen LogP contribution is -2.19. The second-order valence-corrected chi connectivity index (χ2v) is 10.3. The summed E-state index contributed by atoms with van der Waals surface area (Å²) in [5.41, 5.74) is 2.16. The Morgan fingerprint density at radius 2 is 1.79 bits per heavy atom. The molecule has 1 fully saturated rings. The molecule has 0 saturated carbocycles. The SMILES string of the molecule is O=C1NC(=Nc2cccc(Cl)c2Cl)S/C1=C\c1cc(Cl)c(OCc2ccc(Cl)cc2)c(Br)c1. The zero-order valence-corrected chi connectivity index (χ0v) is 22.0. The summed E-state index contributed by atoms with van der Waals surface area (Å²) in [5, 5.41) is 4.92. The van der Waals surface area contributed by atoms with Crippen LogP contribution in [0.15, 0.2) is 69.0 Å². The Balaban J connectivity index is 1.51. The van der Waals surface area contributed by atoms with E-state index >= 15 is 0 Å². The van der Waals surface area contributed by atoms with E-state index in [1.165, 1.54) is 11.8 Å². The number of ether oxygens (including phenoxy) is 1. The molecule has 4 nitrogen and oxygen atoms in total. The molecule has 1 heterocycles. The standard InChI is InChI=1S/C23H13BrCl4N2O2S/c24-15-8-13(9-17(27)21(15)32-11-12-4-6-14(25)7-5-12)10-19-22(31)30-23(33-19)29-18-3-1-2-16(26)20(18)28/h1-10H,11H2,(H,29,30,31)/b19-10-. The van der Waals surface area contributed by atoms with Crippen LogP contribution >= 0.6 is 74.1 Å². The highest BCUT2D eigenvalue weighted by molar-refractivity contribution is 9.10. The lowest BCUT2D eigenvalue weighted by molar-refractivity contribution is -0.115. The van der Waals surface area contributed by atoms with Crippen LogP contribution in [0.2, 0.25) is 20.1 Å². The molecule has 10 heteroatoms. The fourth-order valence-electron chi connectivity index (χ4n) is 2.86. The molecule has 1 aliphatic heterocycles. The Kier molecular flexibility index (Phi) is 7.95. The minimum Gasteiger partial charge on any atom is -0.486 e. The van der Waals surface area contributed by atoms with Crippen LogP contribution in [0, 0.1) is 0 Å². The predicted molar refractivity (Wildman–Crippen MR) is 142 cm³/mol. The van der Waals surface area contributed by atoms with Crippen molar-refractivity contribution in [2.24, 2.45) is 4.99 Å². The first-order chi connectivity index (χ1) is 15.8. The second kappa shape index (κ2) is 10.7. The number of carbonyl (C=O) groups excluding carboxylic acids is 1. The van der Waals surface area contributed by atoms with Gasteiger partial charge in [-0.15, -0.1) is 0 Å². The number of nitrogens with zero attached hydrogens (tertiary/aromatic N) is 1. The van der Waals surface area contributed by atoms with E-state index in [0.29, 0.717) is 52.7 Å². The highest BCUT2D eigenvalue weighted by Gasteiger charge is 2.24. The summed E-state index contributed by atoms with van der Waals surface area (Å²) >= 11 is 29.3. The lowest BCUT2D eigenvalue weighted by atomic mass is 10.2. The molecule has 1 N–H and O–H groups in total. The number of rotatable bonds is 5. The first kappa shape index (κ1) is 24.5. The summed E-state index contributed by atoms with van der Waals surface area (Å²) in [6.07, 6.45) is 1.72. The predicted octanol–water partition coefficient (Wildman–Crippen LogP) is 8.53. The van der Waals surface area contributed by atoms with Gasteiger partial charge in [0.2, 0.25) is 0 Å². The molecule has 0 spiro atoms. The van der Waals surface area contributed by atoms with Crippen molar-refractivity contribution in [3.05, 3.63) is 95.2 Å². The van der Waals surface area contributed by atoms with Crippen molar-refractivity contribution in [1.82, 2.24) is 5.32 Å². The summed E-state index contributed by atoms with van der Waals surface area (Å²) in [6, 6.07) is 16.0. The van der Waals surface area contributed by atoms with Gasteiger partial charge in [0.25, 0.3) is 5.91 Å². The van der Waals surface area contributed by atoms with E-state index in [1.54, 1.807) is 42.5 Å². The Labute approximate surface area is 223 Å². The number of amides is 1. The van der Waals surface area contributed by atoms with Crippen LogP contribution in [-0.4, -0.2) is 11.1 Å². The van der Waals surface area contributed by atoms with Crippen molar-refractivity contribution in [3.63, 3.8) is 0 Å². The number of hydrogen-bond acceptors (Lipinski definition) is 4. The molecule has 3 aromatic rings. The van der Waals surface area contributed by atoms with Crippen molar-refractivity contribution in [2.45, 2.75) is 6.61 Å². The topological polar surface area (TPSA) is 50.7 Å². The Hall–Kier alpha value is -1.67. The van der Waals surface area contributed by atoms with Crippen molar-refractivity contribution in [2.75, 3.05) is 0 Å². The fraction of sp³-hybridized carbons (Fsp3) is 0.0435. The maximum atomic E-state index is 12.4. The molecule has 0 atom stereocenters. The van der Waals surface area contributed by atoms with Gasteiger partial charge < -0.3 is 10.1 Å². The van der Waals surface area contributed by atoms with E-state index in [4.69, 9.17) is 51.1 Å². The number of carbonyl (C=O) groups is 1. The van der Waals surface area contributed by atoms with E-state index in [0.717, 1.165) is 11.1 Å². The van der Waals surface area contributed by atoms with E-state index < -0.39 is 0 Å². The summed E-state index contributed by atoms with van der Waals surface area (Å²) in [7, 11) is 0. The molecule has 33 heavy (non-hydrogen) atoms. The maximum Gasteiger partial charge on any atom is 0.264 e. The molecular formula is C23H13BrCl4N2O2S. The van der Waals surface area contributed by atoms with Crippen LogP contribution < -0.4 is 10.1 Å². The fourth-order valence-corrected chi connectivity index (χ4v) is 5.14. The average Bonchev–Trinajstić information content (AvgIpc) is 3.10. The molecule has 1 saturated heterocycles. The molecule has 168 valence electrons. The van der Waals surface area contributed by atoms with Gasteiger partial charge in [0.15, 0.2) is 10.9 Å². The molecule has 0 aromatic heterocycles. The number of benzene rings is 3. The maximum absolute atomic E-state index is 12.4. The van der Waals surface area contributed by atoms with Gasteiger partial charge in [-0.2, -0.15) is 0 Å². The number of hydrogen-bond donors (Lipinski definition) is 1. The van der Waals surface area contributed by atoms with Gasteiger partial charge >= 0.3 is 0 Å². The van der Waals surface area contributed by atoms with Crippen molar-refractivity contribution < 1.29 is 9.53 Å². The molecular weight excluding hydrogens is 590 g/mol. The largest absolute Gasteiger partial charge is 0.486 e. The van der Waals surface area contributed by atoms with Crippen LogP contribution in [0.3, 0.4) is 0 Å². The van der Waals surface area contributed by atoms with Gasteiger partial charge in [-0.25, -0.2) is 4.99 Å². The third-order valence-electron chi connectivity index (χ3n) is 4.42. The Bertz CT molecular complexity index is 1270. The van der Waals surface area contributed by atoms with Crippen LogP contribution in [0.4, 0.5) is 5.69 Å². The minimum atomic E-state index is -0.271. The molecule has 1 amide bonds. The zero-order chi connectivity index (χ0) is 23.5. The highest BCUT2D eigenvalue weighted by atomic mass is 79.9. The molecule has 0 aliphatic carbocycles. The molecule has 4 rings (SSSR count). The molecule has 0 unspecified atom stereocenters. The monoisotopic (exact) mass is 600 g/mol. The van der Waals surface area contributed by atoms with E-state index in [9.17, 15) is 4.79 Å². The van der Waals surface area contributed by atoms with Gasteiger partial charge in [0.1, 0.15) is 6.61 Å². The van der Waals surface area contributed by atoms with E-state index in [-0.39, 0.29) is 5.91 Å². The van der Waals surface area contributed by atoms with Crippen LogP contribution in [0.5, 0.6) is 5.75 Å². The first-order valence-electron chi connectivity index (χ1n) is 9.40. The van der Waals surface area contributed by atoms with Gasteiger partial charge in [0, 0.05) is 5.02 Å². The quantitative estimate of drug-likeness (QED) is 0.298. The molecule has 1 aliphatic rings. The third-order valence-corrected chi connectivity index (χ3v) is 7.26. The molecule has 0 bridgehead atoms.